The third-order valence-corrected chi connectivity index (χ3v) is 11.6. The van der Waals surface area contributed by atoms with Crippen molar-refractivity contribution in [2.24, 2.45) is 5.41 Å². The molecule has 2 aromatic carbocycles. The van der Waals surface area contributed by atoms with Crippen LogP contribution in [0.25, 0.3) is 0 Å². The summed E-state index contributed by atoms with van der Waals surface area (Å²) in [7, 11) is -5.83. The number of rotatable bonds is 11. The largest absolute Gasteiger partial charge is 0.330 e. The van der Waals surface area contributed by atoms with E-state index in [9.17, 15) is 26.4 Å². The van der Waals surface area contributed by atoms with Gasteiger partial charge in [0.2, 0.25) is 31.9 Å². The highest BCUT2D eigenvalue weighted by molar-refractivity contribution is 7.90. The number of likely N-dealkylation sites (N-methyl/N-ethyl adjacent to an activating group) is 1. The van der Waals surface area contributed by atoms with Gasteiger partial charge in [-0.1, -0.05) is 61.3 Å². The monoisotopic (exact) mass is 657 g/mol. The van der Waals surface area contributed by atoms with Gasteiger partial charge in [0.05, 0.1) is 23.0 Å². The molecule has 0 aromatic heterocycles. The number of benzene rings is 2. The zero-order valence-electron chi connectivity index (χ0n) is 24.1. The summed E-state index contributed by atoms with van der Waals surface area (Å²) >= 11 is 12.6. The zero-order chi connectivity index (χ0) is 31.0. The number of likely N-dealkylation sites (tertiary alicyclic amines) is 1. The van der Waals surface area contributed by atoms with Crippen molar-refractivity contribution in [2.45, 2.75) is 69.2 Å². The fraction of sp³-hybridized carbons (Fsp3) is 0.517. The van der Waals surface area contributed by atoms with Gasteiger partial charge in [-0.05, 0) is 61.1 Å². The van der Waals surface area contributed by atoms with E-state index in [2.05, 4.69) is 0 Å². The molecule has 1 N–H and O–H groups in total. The van der Waals surface area contributed by atoms with Crippen molar-refractivity contribution in [1.29, 1.82) is 0 Å². The molecule has 1 heterocycles. The molecule has 2 aromatic rings. The molecular weight excluding hydrogens is 621 g/mol. The molecule has 2 aliphatic rings. The molecule has 1 saturated carbocycles. The molecule has 2 amide bonds. The van der Waals surface area contributed by atoms with Crippen molar-refractivity contribution in [3.05, 3.63) is 69.7 Å². The van der Waals surface area contributed by atoms with Crippen LogP contribution in [-0.4, -0.2) is 69.0 Å². The first-order chi connectivity index (χ1) is 19.6. The summed E-state index contributed by atoms with van der Waals surface area (Å²) < 4.78 is 53.2. The molecule has 9 nitrogen and oxygen atoms in total. The molecule has 1 aliphatic carbocycles. The van der Waals surface area contributed by atoms with E-state index >= 15 is 0 Å². The summed E-state index contributed by atoms with van der Waals surface area (Å²) in [6.07, 6.45) is 2.41. The van der Waals surface area contributed by atoms with Gasteiger partial charge in [0.1, 0.15) is 0 Å². The van der Waals surface area contributed by atoms with Crippen LogP contribution < -0.4 is 4.72 Å². The number of nitrogens with one attached hydrogen (secondary N) is 1. The number of hydrogen-bond acceptors (Lipinski definition) is 6. The second-order valence-electron chi connectivity index (χ2n) is 11.7. The second-order valence-corrected chi connectivity index (χ2v) is 16.6. The van der Waals surface area contributed by atoms with Gasteiger partial charge in [0.25, 0.3) is 0 Å². The molecule has 0 spiro atoms. The number of piperidine rings is 1. The SMILES string of the molecule is CCC(CN(C)S(=O)(=O)C1CC1)N1C(=O)C(C)(CC(=O)NS(C)(=O)=O)CC(c2cccc(Cl)c2)C1c1ccc(Cl)cc1. The lowest BCUT2D eigenvalue weighted by atomic mass is 9.67. The summed E-state index contributed by atoms with van der Waals surface area (Å²) in [5.41, 5.74) is 0.335. The number of carbonyl (C=O) groups is 2. The topological polar surface area (TPSA) is 121 Å². The minimum atomic E-state index is -3.84. The minimum Gasteiger partial charge on any atom is -0.330 e. The quantitative estimate of drug-likeness (QED) is 0.373. The normalized spacial score (nSPS) is 24.1. The first-order valence-electron chi connectivity index (χ1n) is 13.8. The third-order valence-electron chi connectivity index (χ3n) is 8.15. The predicted octanol–water partition coefficient (Wildman–Crippen LogP) is 4.73. The summed E-state index contributed by atoms with van der Waals surface area (Å²) in [5.74, 6) is -1.50. The second kappa shape index (κ2) is 12.4. The highest BCUT2D eigenvalue weighted by atomic mass is 35.5. The molecular formula is C29H37Cl2N3O6S2. The standard InChI is InChI=1S/C29H37Cl2N3O6S2/c1-5-23(18-33(3)42(39,40)24-13-14-24)34-27(19-9-11-21(30)12-10-19)25(20-7-6-8-22(31)15-20)16-29(2,28(34)36)17-26(35)32-41(4,37)38/h6-12,15,23-25,27H,5,13-14,16-18H2,1-4H3,(H,32,35). The Hall–Kier alpha value is -2.18. The van der Waals surface area contributed by atoms with Gasteiger partial charge in [0, 0.05) is 42.0 Å². The molecule has 1 saturated heterocycles. The van der Waals surface area contributed by atoms with E-state index in [-0.39, 0.29) is 31.2 Å². The van der Waals surface area contributed by atoms with Crippen molar-refractivity contribution in [1.82, 2.24) is 13.9 Å². The summed E-state index contributed by atoms with van der Waals surface area (Å²) in [5, 5.41) is 0.620. The van der Waals surface area contributed by atoms with E-state index in [1.807, 2.05) is 42.0 Å². The summed E-state index contributed by atoms with van der Waals surface area (Å²) in [6, 6.07) is 13.4. The average Bonchev–Trinajstić information content (AvgIpc) is 3.74. The van der Waals surface area contributed by atoms with Crippen molar-refractivity contribution in [3.8, 4) is 0 Å². The van der Waals surface area contributed by atoms with Gasteiger partial charge in [-0.25, -0.2) is 21.1 Å². The van der Waals surface area contributed by atoms with Crippen molar-refractivity contribution >= 4 is 55.1 Å². The Labute approximate surface area is 258 Å². The van der Waals surface area contributed by atoms with E-state index in [4.69, 9.17) is 23.2 Å². The van der Waals surface area contributed by atoms with Crippen LogP contribution in [-0.2, 0) is 29.6 Å². The Balaban J connectivity index is 1.86. The predicted molar refractivity (Wildman–Crippen MR) is 164 cm³/mol. The maximum atomic E-state index is 14.6. The van der Waals surface area contributed by atoms with Crippen molar-refractivity contribution in [2.75, 3.05) is 19.8 Å². The van der Waals surface area contributed by atoms with Gasteiger partial charge in [-0.15, -0.1) is 0 Å². The van der Waals surface area contributed by atoms with Crippen LogP contribution in [0.4, 0.5) is 0 Å². The molecule has 13 heteroatoms. The Morgan fingerprint density at radius 3 is 2.26 bits per heavy atom. The van der Waals surface area contributed by atoms with E-state index in [0.29, 0.717) is 29.3 Å². The van der Waals surface area contributed by atoms with Crippen LogP contribution in [0.3, 0.4) is 0 Å². The van der Waals surface area contributed by atoms with E-state index < -0.39 is 48.7 Å². The Bertz CT molecular complexity index is 1550. The molecule has 4 unspecified atom stereocenters. The lowest BCUT2D eigenvalue weighted by Crippen LogP contribution is -2.58. The summed E-state index contributed by atoms with van der Waals surface area (Å²) in [4.78, 5) is 29.2. The Morgan fingerprint density at radius 2 is 1.71 bits per heavy atom. The Kier molecular flexibility index (Phi) is 9.69. The van der Waals surface area contributed by atoms with Crippen LogP contribution in [0.1, 0.15) is 69.0 Å². The van der Waals surface area contributed by atoms with Crippen LogP contribution in [0.5, 0.6) is 0 Å². The number of carbonyl (C=O) groups excluding carboxylic acids is 2. The molecule has 4 rings (SSSR count). The average molecular weight is 659 g/mol. The number of hydrogen-bond donors (Lipinski definition) is 1. The van der Waals surface area contributed by atoms with Crippen molar-refractivity contribution in [3.63, 3.8) is 0 Å². The summed E-state index contributed by atoms with van der Waals surface area (Å²) in [6.45, 7) is 3.63. The molecule has 230 valence electrons. The molecule has 2 fully saturated rings. The smallest absolute Gasteiger partial charge is 0.234 e. The van der Waals surface area contributed by atoms with Crippen LogP contribution >= 0.6 is 23.2 Å². The van der Waals surface area contributed by atoms with Gasteiger partial charge >= 0.3 is 0 Å². The molecule has 0 bridgehead atoms. The lowest BCUT2D eigenvalue weighted by Gasteiger charge is -2.52. The zero-order valence-corrected chi connectivity index (χ0v) is 27.2. The fourth-order valence-corrected chi connectivity index (χ4v) is 8.41. The van der Waals surface area contributed by atoms with Gasteiger partial charge in [0.15, 0.2) is 0 Å². The number of sulfonamides is 2. The van der Waals surface area contributed by atoms with Crippen molar-refractivity contribution < 1.29 is 26.4 Å². The van der Waals surface area contributed by atoms with Crippen LogP contribution in [0.15, 0.2) is 48.5 Å². The molecule has 4 atom stereocenters. The Morgan fingerprint density at radius 1 is 1.07 bits per heavy atom. The lowest BCUT2D eigenvalue weighted by molar-refractivity contribution is -0.157. The highest BCUT2D eigenvalue weighted by Crippen LogP contribution is 2.52. The third kappa shape index (κ3) is 7.30. The maximum Gasteiger partial charge on any atom is 0.234 e. The van der Waals surface area contributed by atoms with E-state index in [1.54, 1.807) is 30.0 Å². The van der Waals surface area contributed by atoms with Crippen LogP contribution in [0.2, 0.25) is 10.0 Å². The van der Waals surface area contributed by atoms with E-state index in [1.165, 1.54) is 11.4 Å². The first kappa shape index (κ1) is 32.7. The fourth-order valence-electron chi connectivity index (χ4n) is 5.98. The van der Waals surface area contributed by atoms with Gasteiger partial charge < -0.3 is 4.90 Å². The number of nitrogens with zero attached hydrogens (tertiary/aromatic N) is 2. The molecule has 42 heavy (non-hydrogen) atoms. The maximum absolute atomic E-state index is 14.6. The number of halogens is 2. The van der Waals surface area contributed by atoms with Crippen LogP contribution in [0, 0.1) is 5.41 Å². The van der Waals surface area contributed by atoms with Gasteiger partial charge in [-0.2, -0.15) is 0 Å². The molecule has 0 radical (unpaired) electrons. The van der Waals surface area contributed by atoms with E-state index in [0.717, 1.165) is 17.4 Å². The highest BCUT2D eigenvalue weighted by Gasteiger charge is 2.53. The van der Waals surface area contributed by atoms with Gasteiger partial charge in [-0.3, -0.25) is 14.3 Å². The number of amides is 2. The minimum absolute atomic E-state index is 0.0685. The molecule has 1 aliphatic heterocycles. The first-order valence-corrected chi connectivity index (χ1v) is 18.0.